The van der Waals surface area contributed by atoms with Gasteiger partial charge in [0, 0.05) is 5.56 Å². The van der Waals surface area contributed by atoms with E-state index < -0.39 is 11.7 Å². The van der Waals surface area contributed by atoms with Gasteiger partial charge in [0.15, 0.2) is 0 Å². The third kappa shape index (κ3) is 3.59. The highest BCUT2D eigenvalue weighted by Crippen LogP contribution is 2.29. The van der Waals surface area contributed by atoms with E-state index in [1.165, 1.54) is 10.7 Å². The molecular weight excluding hydrogens is 303 g/mol. The Labute approximate surface area is 131 Å². The zero-order valence-corrected chi connectivity index (χ0v) is 12.4. The second-order valence-corrected chi connectivity index (χ2v) is 5.37. The van der Waals surface area contributed by atoms with Gasteiger partial charge >= 0.3 is 6.18 Å². The fraction of sp³-hybridized carbons (Fsp3) is 0.176. The molecule has 0 saturated carbocycles. The van der Waals surface area contributed by atoms with Crippen LogP contribution in [0.3, 0.4) is 0 Å². The standard InChI is InChI=1S/C17H14F3N3/c1-12-5-7-14(8-6-12)16-11-23(22-21-16)10-13-3-2-4-15(9-13)17(18,19)20/h2-9,11H,10H2,1H3. The van der Waals surface area contributed by atoms with Crippen molar-refractivity contribution in [2.24, 2.45) is 0 Å². The van der Waals surface area contributed by atoms with Gasteiger partial charge in [-0.15, -0.1) is 5.10 Å². The predicted octanol–water partition coefficient (Wildman–Crippen LogP) is 4.32. The van der Waals surface area contributed by atoms with Crippen LogP contribution < -0.4 is 0 Å². The van der Waals surface area contributed by atoms with Crippen molar-refractivity contribution < 1.29 is 13.2 Å². The summed E-state index contributed by atoms with van der Waals surface area (Å²) in [6.45, 7) is 2.23. The number of hydrogen-bond acceptors (Lipinski definition) is 2. The minimum absolute atomic E-state index is 0.239. The van der Waals surface area contributed by atoms with Crippen LogP contribution in [0.5, 0.6) is 0 Å². The van der Waals surface area contributed by atoms with Gasteiger partial charge in [-0.3, -0.25) is 0 Å². The largest absolute Gasteiger partial charge is 0.416 e. The van der Waals surface area contributed by atoms with Crippen molar-refractivity contribution in [3.8, 4) is 11.3 Å². The average molecular weight is 317 g/mol. The molecule has 0 atom stereocenters. The Morgan fingerprint density at radius 2 is 1.78 bits per heavy atom. The molecule has 3 nitrogen and oxygen atoms in total. The van der Waals surface area contributed by atoms with Crippen molar-refractivity contribution in [2.45, 2.75) is 19.6 Å². The summed E-state index contributed by atoms with van der Waals surface area (Å²) in [7, 11) is 0. The Balaban J connectivity index is 1.81. The number of rotatable bonds is 3. The van der Waals surface area contributed by atoms with Gasteiger partial charge in [0.05, 0.1) is 18.3 Å². The monoisotopic (exact) mass is 317 g/mol. The van der Waals surface area contributed by atoms with E-state index >= 15 is 0 Å². The Hall–Kier alpha value is -2.63. The zero-order chi connectivity index (χ0) is 16.4. The van der Waals surface area contributed by atoms with Crippen LogP contribution in [0.2, 0.25) is 0 Å². The van der Waals surface area contributed by atoms with E-state index in [-0.39, 0.29) is 6.54 Å². The molecule has 0 aliphatic carbocycles. The SMILES string of the molecule is Cc1ccc(-c2cn(Cc3cccc(C(F)(F)F)c3)nn2)cc1. The van der Waals surface area contributed by atoms with Gasteiger partial charge in [-0.2, -0.15) is 13.2 Å². The van der Waals surface area contributed by atoms with Crippen molar-refractivity contribution in [3.63, 3.8) is 0 Å². The highest BCUT2D eigenvalue weighted by molar-refractivity contribution is 5.57. The van der Waals surface area contributed by atoms with Crippen LogP contribution >= 0.6 is 0 Å². The maximum atomic E-state index is 12.7. The predicted molar refractivity (Wildman–Crippen MR) is 80.7 cm³/mol. The lowest BCUT2D eigenvalue weighted by Crippen LogP contribution is -2.07. The Morgan fingerprint density at radius 1 is 1.04 bits per heavy atom. The number of aryl methyl sites for hydroxylation is 1. The molecule has 1 heterocycles. The Morgan fingerprint density at radius 3 is 2.48 bits per heavy atom. The number of aromatic nitrogens is 3. The summed E-state index contributed by atoms with van der Waals surface area (Å²) in [6, 6.07) is 13.1. The second kappa shape index (κ2) is 5.87. The second-order valence-electron chi connectivity index (χ2n) is 5.37. The van der Waals surface area contributed by atoms with Crippen LogP contribution in [0.15, 0.2) is 54.7 Å². The quantitative estimate of drug-likeness (QED) is 0.720. The normalized spacial score (nSPS) is 11.7. The van der Waals surface area contributed by atoms with E-state index in [2.05, 4.69) is 10.3 Å². The van der Waals surface area contributed by atoms with Crippen LogP contribution in [-0.2, 0) is 12.7 Å². The minimum Gasteiger partial charge on any atom is -0.247 e. The van der Waals surface area contributed by atoms with E-state index in [1.54, 1.807) is 12.3 Å². The number of halogens is 3. The highest BCUT2D eigenvalue weighted by atomic mass is 19.4. The van der Waals surface area contributed by atoms with E-state index in [0.717, 1.165) is 23.3 Å². The van der Waals surface area contributed by atoms with Gasteiger partial charge in [-0.25, -0.2) is 4.68 Å². The van der Waals surface area contributed by atoms with Crippen molar-refractivity contribution in [2.75, 3.05) is 0 Å². The fourth-order valence-electron chi connectivity index (χ4n) is 2.27. The molecule has 6 heteroatoms. The van der Waals surface area contributed by atoms with Gasteiger partial charge in [0.2, 0.25) is 0 Å². The summed E-state index contributed by atoms with van der Waals surface area (Å²) in [4.78, 5) is 0. The van der Waals surface area contributed by atoms with Gasteiger partial charge in [-0.1, -0.05) is 47.2 Å². The fourth-order valence-corrected chi connectivity index (χ4v) is 2.27. The third-order valence-corrected chi connectivity index (χ3v) is 3.48. The maximum absolute atomic E-state index is 12.7. The molecule has 0 radical (unpaired) electrons. The lowest BCUT2D eigenvalue weighted by Gasteiger charge is -2.08. The van der Waals surface area contributed by atoms with Gasteiger partial charge in [0.1, 0.15) is 5.69 Å². The molecule has 0 aliphatic rings. The molecule has 0 bridgehead atoms. The molecule has 1 aromatic heterocycles. The molecule has 0 saturated heterocycles. The summed E-state index contributed by atoms with van der Waals surface area (Å²) in [6.07, 6.45) is -2.61. The first kappa shape index (κ1) is 15.3. The van der Waals surface area contributed by atoms with Gasteiger partial charge in [-0.05, 0) is 24.6 Å². The molecule has 0 amide bonds. The van der Waals surface area contributed by atoms with Gasteiger partial charge in [0.25, 0.3) is 0 Å². The smallest absolute Gasteiger partial charge is 0.247 e. The van der Waals surface area contributed by atoms with Crippen LogP contribution in [0.4, 0.5) is 13.2 Å². The third-order valence-electron chi connectivity index (χ3n) is 3.48. The maximum Gasteiger partial charge on any atom is 0.416 e. The molecule has 2 aromatic carbocycles. The lowest BCUT2D eigenvalue weighted by molar-refractivity contribution is -0.137. The number of nitrogens with zero attached hydrogens (tertiary/aromatic N) is 3. The van der Waals surface area contributed by atoms with Crippen LogP contribution in [0.25, 0.3) is 11.3 Å². The van der Waals surface area contributed by atoms with Crippen LogP contribution in [0, 0.1) is 6.92 Å². The Bertz CT molecular complexity index is 804. The zero-order valence-electron chi connectivity index (χ0n) is 12.4. The average Bonchev–Trinajstić information content (AvgIpc) is 2.96. The van der Waals surface area contributed by atoms with Crippen LogP contribution in [0.1, 0.15) is 16.7 Å². The molecule has 0 N–H and O–H groups in total. The first-order chi connectivity index (χ1) is 10.9. The summed E-state index contributed by atoms with van der Waals surface area (Å²) in [5.74, 6) is 0. The molecule has 0 unspecified atom stereocenters. The molecule has 0 spiro atoms. The summed E-state index contributed by atoms with van der Waals surface area (Å²) in [5, 5.41) is 8.06. The van der Waals surface area contributed by atoms with E-state index in [9.17, 15) is 13.2 Å². The number of hydrogen-bond donors (Lipinski definition) is 0. The van der Waals surface area contributed by atoms with Crippen molar-refractivity contribution in [1.29, 1.82) is 0 Å². The summed E-state index contributed by atoms with van der Waals surface area (Å²) < 4.78 is 39.7. The minimum atomic E-state index is -4.34. The Kier molecular flexibility index (Phi) is 3.90. The highest BCUT2D eigenvalue weighted by Gasteiger charge is 2.30. The van der Waals surface area contributed by atoms with Gasteiger partial charge < -0.3 is 0 Å². The van der Waals surface area contributed by atoms with Crippen molar-refractivity contribution >= 4 is 0 Å². The van der Waals surface area contributed by atoms with E-state index in [1.807, 2.05) is 31.2 Å². The lowest BCUT2D eigenvalue weighted by atomic mass is 10.1. The summed E-state index contributed by atoms with van der Waals surface area (Å²) >= 11 is 0. The first-order valence-corrected chi connectivity index (χ1v) is 7.05. The molecule has 118 valence electrons. The molecule has 3 rings (SSSR count). The molecule has 23 heavy (non-hydrogen) atoms. The molecule has 0 fully saturated rings. The number of benzene rings is 2. The first-order valence-electron chi connectivity index (χ1n) is 7.05. The number of alkyl halides is 3. The molecule has 0 aliphatic heterocycles. The van der Waals surface area contributed by atoms with Crippen molar-refractivity contribution in [1.82, 2.24) is 15.0 Å². The van der Waals surface area contributed by atoms with Crippen molar-refractivity contribution in [3.05, 3.63) is 71.4 Å². The topological polar surface area (TPSA) is 30.7 Å². The molecular formula is C17H14F3N3. The van der Waals surface area contributed by atoms with Crippen LogP contribution in [-0.4, -0.2) is 15.0 Å². The molecule has 3 aromatic rings. The summed E-state index contributed by atoms with van der Waals surface area (Å²) in [5.41, 5.74) is 2.63. The van der Waals surface area contributed by atoms with E-state index in [4.69, 9.17) is 0 Å². The van der Waals surface area contributed by atoms with E-state index in [0.29, 0.717) is 11.3 Å².